The highest BCUT2D eigenvalue weighted by atomic mass is 16.5. The van der Waals surface area contributed by atoms with Crippen LogP contribution in [0.1, 0.15) is 91.0 Å². The Bertz CT molecular complexity index is 2610. The second-order valence-corrected chi connectivity index (χ2v) is 15.4. The third-order valence-corrected chi connectivity index (χ3v) is 11.5. The van der Waals surface area contributed by atoms with Gasteiger partial charge in [0.25, 0.3) is 11.8 Å². The first kappa shape index (κ1) is 40.5. The number of amides is 2. The van der Waals surface area contributed by atoms with Gasteiger partial charge in [0, 0.05) is 37.3 Å². The lowest BCUT2D eigenvalue weighted by Crippen LogP contribution is -2.46. The average Bonchev–Trinajstić information content (AvgIpc) is 3.81. The summed E-state index contributed by atoms with van der Waals surface area (Å²) >= 11 is 0. The fourth-order valence-electron chi connectivity index (χ4n) is 8.43. The molecule has 3 aromatic carbocycles. The van der Waals surface area contributed by atoms with E-state index in [0.29, 0.717) is 53.5 Å². The molecule has 4 N–H and O–H groups in total. The Balaban J connectivity index is 0.806. The molecule has 2 fully saturated rings. The van der Waals surface area contributed by atoms with Crippen molar-refractivity contribution in [3.05, 3.63) is 107 Å². The SMILES string of the molecule is Nc1ncnc2c1c(-c1ccc(Oc3ccccc3)cc1)nn2C1CCCN(C(=C=O)CCCCCCCNc2ccc3c(c2)C(=O)N(C2CCC(=C=O)NC2=C=O)C3=O)C1. The fourth-order valence-corrected chi connectivity index (χ4v) is 8.43. The number of fused-ring (bicyclic) bond motifs is 2. The number of imide groups is 1. The van der Waals surface area contributed by atoms with E-state index in [9.17, 15) is 24.0 Å². The molecule has 2 aromatic heterocycles. The van der Waals surface area contributed by atoms with Crippen LogP contribution < -0.4 is 21.1 Å². The Morgan fingerprint density at radius 1 is 0.869 bits per heavy atom. The summed E-state index contributed by atoms with van der Waals surface area (Å²) in [7, 11) is 0. The summed E-state index contributed by atoms with van der Waals surface area (Å²) in [4.78, 5) is 73.5. The minimum Gasteiger partial charge on any atom is -0.457 e. The molecule has 61 heavy (non-hydrogen) atoms. The highest BCUT2D eigenvalue weighted by Gasteiger charge is 2.43. The number of hydrogen-bond donors (Lipinski definition) is 3. The van der Waals surface area contributed by atoms with E-state index in [-0.39, 0.29) is 41.4 Å². The molecule has 15 nitrogen and oxygen atoms in total. The summed E-state index contributed by atoms with van der Waals surface area (Å²) in [5.41, 5.74) is 10.8. The number of allylic oxidation sites excluding steroid dienone is 2. The van der Waals surface area contributed by atoms with Gasteiger partial charge in [-0.05, 0) is 93.1 Å². The molecule has 310 valence electrons. The number of benzene rings is 3. The van der Waals surface area contributed by atoms with Gasteiger partial charge in [-0.1, -0.05) is 37.5 Å². The van der Waals surface area contributed by atoms with E-state index in [1.54, 1.807) is 30.1 Å². The van der Waals surface area contributed by atoms with Crippen molar-refractivity contribution in [1.82, 2.24) is 34.9 Å². The molecule has 0 saturated carbocycles. The van der Waals surface area contributed by atoms with Crippen molar-refractivity contribution in [1.29, 1.82) is 0 Å². The lowest BCUT2D eigenvalue weighted by Gasteiger charge is -2.34. The van der Waals surface area contributed by atoms with Crippen LogP contribution in [0.4, 0.5) is 11.5 Å². The van der Waals surface area contributed by atoms with Crippen molar-refractivity contribution < 1.29 is 28.7 Å². The second kappa shape index (κ2) is 18.3. The van der Waals surface area contributed by atoms with Crippen LogP contribution >= 0.6 is 0 Å². The van der Waals surface area contributed by atoms with Crippen molar-refractivity contribution in [3.63, 3.8) is 0 Å². The van der Waals surface area contributed by atoms with Crippen molar-refractivity contribution >= 4 is 52.2 Å². The standard InChI is InChI=1S/C46H45N9O6/c47-43-41-42(30-14-18-36(19-15-30)61-35-12-6-4-7-13-35)52-55(44(41)50-29-49-43)33-11-9-23-53(25-33)34(27-57)10-5-2-1-3-8-22-48-31-16-20-37-38(24-31)46(60)54(45(37)59)40-21-17-32(26-56)51-39(40)28-58/h4,6-7,12-16,18-20,24,29,33,40,48,51H,1-3,5,8-11,17,21-23,25H2,(H2,47,49,50). The van der Waals surface area contributed by atoms with Crippen LogP contribution in [0, 0.1) is 0 Å². The summed E-state index contributed by atoms with van der Waals surface area (Å²) in [5, 5.41) is 11.8. The lowest BCUT2D eigenvalue weighted by molar-refractivity contribution is 0.0593. The number of nitrogens with zero attached hydrogens (tertiary/aromatic N) is 6. The first-order valence-corrected chi connectivity index (χ1v) is 20.7. The van der Waals surface area contributed by atoms with Crippen LogP contribution in [0.2, 0.25) is 0 Å². The number of nitrogens with two attached hydrogens (primary N) is 1. The zero-order chi connectivity index (χ0) is 42.3. The van der Waals surface area contributed by atoms with E-state index in [1.807, 2.05) is 59.3 Å². The summed E-state index contributed by atoms with van der Waals surface area (Å²) in [6.07, 6.45) is 9.05. The topological polar surface area (TPSA) is 195 Å². The molecular formula is C46H45N9O6. The number of unbranched alkanes of at least 4 members (excludes halogenated alkanes) is 4. The first-order valence-electron chi connectivity index (χ1n) is 20.7. The Morgan fingerprint density at radius 2 is 1.64 bits per heavy atom. The van der Waals surface area contributed by atoms with Crippen LogP contribution in [0.25, 0.3) is 22.3 Å². The molecule has 15 heteroatoms. The summed E-state index contributed by atoms with van der Waals surface area (Å²) < 4.78 is 7.93. The highest BCUT2D eigenvalue weighted by Crippen LogP contribution is 2.36. The summed E-state index contributed by atoms with van der Waals surface area (Å²) in [6.45, 7) is 2.06. The number of piperidine rings is 2. The molecule has 8 rings (SSSR count). The Morgan fingerprint density at radius 3 is 2.43 bits per heavy atom. The zero-order valence-electron chi connectivity index (χ0n) is 33.6. The Kier molecular flexibility index (Phi) is 12.2. The molecule has 2 amide bonds. The van der Waals surface area contributed by atoms with Gasteiger partial charge >= 0.3 is 0 Å². The summed E-state index contributed by atoms with van der Waals surface area (Å²) in [6, 6.07) is 21.5. The number of rotatable bonds is 15. The predicted molar refractivity (Wildman–Crippen MR) is 228 cm³/mol. The predicted octanol–water partition coefficient (Wildman–Crippen LogP) is 6.45. The van der Waals surface area contributed by atoms with Crippen LogP contribution in [0.15, 0.2) is 96.2 Å². The third kappa shape index (κ3) is 8.57. The van der Waals surface area contributed by atoms with Gasteiger partial charge < -0.3 is 26.0 Å². The van der Waals surface area contributed by atoms with Crippen LogP contribution in [0.5, 0.6) is 11.5 Å². The number of ether oxygens (including phenoxy) is 1. The molecule has 2 unspecified atom stereocenters. The van der Waals surface area contributed by atoms with Gasteiger partial charge in [0.05, 0.1) is 34.3 Å². The van der Waals surface area contributed by atoms with Crippen molar-refractivity contribution in [2.45, 2.75) is 76.3 Å². The van der Waals surface area contributed by atoms with E-state index >= 15 is 0 Å². The second-order valence-electron chi connectivity index (χ2n) is 15.4. The maximum atomic E-state index is 13.3. The van der Waals surface area contributed by atoms with Gasteiger partial charge in [-0.3, -0.25) is 14.5 Å². The third-order valence-electron chi connectivity index (χ3n) is 11.5. The van der Waals surface area contributed by atoms with Gasteiger partial charge in [-0.2, -0.15) is 5.10 Å². The Hall–Kier alpha value is -7.30. The number of para-hydroxylation sites is 1. The highest BCUT2D eigenvalue weighted by molar-refractivity contribution is 6.22. The normalized spacial score (nSPS) is 17.4. The number of likely N-dealkylation sites (tertiary alicyclic amines) is 1. The molecule has 2 atom stereocenters. The number of nitrogen functional groups attached to an aromatic ring is 1. The molecule has 0 radical (unpaired) electrons. The van der Waals surface area contributed by atoms with Crippen LogP contribution in [0.3, 0.4) is 0 Å². The van der Waals surface area contributed by atoms with Crippen molar-refractivity contribution in [2.24, 2.45) is 0 Å². The van der Waals surface area contributed by atoms with Crippen LogP contribution in [-0.4, -0.2) is 84.9 Å². The number of anilines is 2. The van der Waals surface area contributed by atoms with Gasteiger partial charge in [0.15, 0.2) is 5.65 Å². The largest absolute Gasteiger partial charge is 0.457 e. The molecule has 3 aliphatic heterocycles. The monoisotopic (exact) mass is 819 g/mol. The quantitative estimate of drug-likeness (QED) is 0.0593. The maximum absolute atomic E-state index is 13.3. The average molecular weight is 820 g/mol. The van der Waals surface area contributed by atoms with E-state index in [4.69, 9.17) is 15.6 Å². The zero-order valence-corrected chi connectivity index (χ0v) is 33.6. The van der Waals surface area contributed by atoms with E-state index < -0.39 is 17.9 Å². The number of nitrogens with one attached hydrogen (secondary N) is 2. The maximum Gasteiger partial charge on any atom is 0.262 e. The van der Waals surface area contributed by atoms with Gasteiger partial charge in [-0.15, -0.1) is 0 Å². The molecular weight excluding hydrogens is 775 g/mol. The number of carbonyl (C=O) groups is 2. The molecule has 3 aliphatic rings. The van der Waals surface area contributed by atoms with Gasteiger partial charge in [-0.25, -0.2) is 29.0 Å². The molecule has 0 spiro atoms. The first-order chi connectivity index (χ1) is 29.9. The molecule has 5 aromatic rings. The Labute approximate surface area is 352 Å². The van der Waals surface area contributed by atoms with Crippen molar-refractivity contribution in [3.8, 4) is 22.8 Å². The van der Waals surface area contributed by atoms with Gasteiger partial charge in [0.1, 0.15) is 58.6 Å². The molecule has 2 saturated heterocycles. The number of carbonyl (C=O) groups excluding carboxylic acids is 5. The number of hydrogen-bond acceptors (Lipinski definition) is 13. The molecule has 5 heterocycles. The smallest absolute Gasteiger partial charge is 0.262 e. The van der Waals surface area contributed by atoms with E-state index in [0.717, 1.165) is 73.4 Å². The summed E-state index contributed by atoms with van der Waals surface area (Å²) in [5.74, 6) is 6.56. The van der Waals surface area contributed by atoms with E-state index in [2.05, 4.69) is 31.4 Å². The van der Waals surface area contributed by atoms with Crippen LogP contribution in [-0.2, 0) is 14.4 Å². The molecule has 0 bridgehead atoms. The lowest BCUT2D eigenvalue weighted by atomic mass is 10.0. The van der Waals surface area contributed by atoms with E-state index in [1.165, 1.54) is 6.33 Å². The van der Waals surface area contributed by atoms with Crippen molar-refractivity contribution in [2.75, 3.05) is 30.7 Å². The minimum absolute atomic E-state index is 0.0268. The fraction of sp³-hybridized carbons (Fsp3) is 0.326. The minimum atomic E-state index is -0.821. The van der Waals surface area contributed by atoms with Gasteiger partial charge in [0.2, 0.25) is 0 Å². The number of aromatic nitrogens is 4. The molecule has 0 aliphatic carbocycles.